The van der Waals surface area contributed by atoms with Crippen molar-refractivity contribution in [3.05, 3.63) is 18.1 Å². The first kappa shape index (κ1) is 11.4. The first-order valence-electron chi connectivity index (χ1n) is 5.15. The summed E-state index contributed by atoms with van der Waals surface area (Å²) in [6.07, 6.45) is 0.200. The number of aromatic hydroxyl groups is 1. The monoisotopic (exact) mass is 241 g/mol. The standard InChI is InChI=1S/C10H12FN3O3/c11-8-5-7(15)6-12-9(8)13-1-3-14(4-2-13)10(16)17/h5-6,15H,1-4H2,(H,16,17). The molecule has 2 N–H and O–H groups in total. The molecule has 0 aromatic carbocycles. The summed E-state index contributed by atoms with van der Waals surface area (Å²) in [4.78, 5) is 17.4. The molecule has 7 heteroatoms. The van der Waals surface area contributed by atoms with Crippen LogP contribution < -0.4 is 4.90 Å². The molecule has 0 radical (unpaired) electrons. The summed E-state index contributed by atoms with van der Waals surface area (Å²) in [5, 5.41) is 17.8. The van der Waals surface area contributed by atoms with E-state index in [-0.39, 0.29) is 11.6 Å². The van der Waals surface area contributed by atoms with Gasteiger partial charge in [-0.25, -0.2) is 14.2 Å². The number of halogens is 1. The summed E-state index contributed by atoms with van der Waals surface area (Å²) in [5.74, 6) is -0.683. The van der Waals surface area contributed by atoms with Crippen LogP contribution in [-0.2, 0) is 0 Å². The Morgan fingerprint density at radius 3 is 2.53 bits per heavy atom. The average Bonchev–Trinajstić information content (AvgIpc) is 2.29. The van der Waals surface area contributed by atoms with Crippen LogP contribution in [0.1, 0.15) is 0 Å². The molecule has 92 valence electrons. The molecule has 17 heavy (non-hydrogen) atoms. The van der Waals surface area contributed by atoms with E-state index in [2.05, 4.69) is 4.98 Å². The summed E-state index contributed by atoms with van der Waals surface area (Å²) in [6, 6.07) is 0.992. The zero-order valence-corrected chi connectivity index (χ0v) is 9.01. The summed E-state index contributed by atoms with van der Waals surface area (Å²) in [5.41, 5.74) is 0. The van der Waals surface area contributed by atoms with Crippen molar-refractivity contribution in [3.63, 3.8) is 0 Å². The van der Waals surface area contributed by atoms with Crippen molar-refractivity contribution >= 4 is 11.9 Å². The van der Waals surface area contributed by atoms with Gasteiger partial charge in [-0.1, -0.05) is 0 Å². The maximum absolute atomic E-state index is 13.5. The van der Waals surface area contributed by atoms with Gasteiger partial charge in [0.1, 0.15) is 5.75 Å². The fourth-order valence-corrected chi connectivity index (χ4v) is 1.76. The van der Waals surface area contributed by atoms with Crippen LogP contribution >= 0.6 is 0 Å². The number of nitrogens with zero attached hydrogens (tertiary/aromatic N) is 3. The topological polar surface area (TPSA) is 76.9 Å². The third kappa shape index (κ3) is 2.38. The number of amides is 1. The van der Waals surface area contributed by atoms with Gasteiger partial charge in [-0.2, -0.15) is 0 Å². The lowest BCUT2D eigenvalue weighted by Gasteiger charge is -2.33. The highest BCUT2D eigenvalue weighted by molar-refractivity contribution is 5.65. The zero-order valence-electron chi connectivity index (χ0n) is 9.01. The van der Waals surface area contributed by atoms with Crippen LogP contribution in [0.3, 0.4) is 0 Å². The van der Waals surface area contributed by atoms with Gasteiger partial charge >= 0.3 is 6.09 Å². The van der Waals surface area contributed by atoms with E-state index < -0.39 is 11.9 Å². The molecular formula is C10H12FN3O3. The van der Waals surface area contributed by atoms with E-state index in [0.717, 1.165) is 6.07 Å². The molecule has 0 aliphatic carbocycles. The molecule has 6 nitrogen and oxygen atoms in total. The number of carboxylic acid groups (broad SMARTS) is 1. The molecular weight excluding hydrogens is 229 g/mol. The van der Waals surface area contributed by atoms with Crippen LogP contribution in [0.4, 0.5) is 15.0 Å². The second kappa shape index (κ2) is 4.44. The van der Waals surface area contributed by atoms with Gasteiger partial charge in [-0.15, -0.1) is 0 Å². The van der Waals surface area contributed by atoms with E-state index in [4.69, 9.17) is 10.2 Å². The van der Waals surface area contributed by atoms with Crippen LogP contribution in [0.25, 0.3) is 0 Å². The quantitative estimate of drug-likeness (QED) is 0.757. The number of hydrogen-bond donors (Lipinski definition) is 2. The Labute approximate surface area is 96.9 Å². The van der Waals surface area contributed by atoms with Crippen molar-refractivity contribution in [2.24, 2.45) is 0 Å². The summed E-state index contributed by atoms with van der Waals surface area (Å²) < 4.78 is 13.5. The first-order valence-corrected chi connectivity index (χ1v) is 5.15. The number of carbonyl (C=O) groups is 1. The molecule has 1 aliphatic heterocycles. The highest BCUT2D eigenvalue weighted by atomic mass is 19.1. The molecule has 2 heterocycles. The number of hydrogen-bond acceptors (Lipinski definition) is 4. The maximum atomic E-state index is 13.5. The lowest BCUT2D eigenvalue weighted by molar-refractivity contribution is 0.142. The summed E-state index contributed by atoms with van der Waals surface area (Å²) >= 11 is 0. The Morgan fingerprint density at radius 1 is 1.35 bits per heavy atom. The second-order valence-corrected chi connectivity index (χ2v) is 3.76. The zero-order chi connectivity index (χ0) is 12.4. The third-order valence-corrected chi connectivity index (χ3v) is 2.66. The summed E-state index contributed by atoms with van der Waals surface area (Å²) in [7, 11) is 0. The molecule has 1 aromatic heterocycles. The van der Waals surface area contributed by atoms with Crippen molar-refractivity contribution in [1.29, 1.82) is 0 Å². The lowest BCUT2D eigenvalue weighted by atomic mass is 10.3. The van der Waals surface area contributed by atoms with Crippen molar-refractivity contribution in [2.45, 2.75) is 0 Å². The molecule has 2 rings (SSSR count). The Balaban J connectivity index is 2.08. The highest BCUT2D eigenvalue weighted by Gasteiger charge is 2.23. The van der Waals surface area contributed by atoms with Gasteiger partial charge < -0.3 is 20.0 Å². The Morgan fingerprint density at radius 2 is 2.00 bits per heavy atom. The van der Waals surface area contributed by atoms with E-state index in [1.807, 2.05) is 0 Å². The maximum Gasteiger partial charge on any atom is 0.407 e. The fourth-order valence-electron chi connectivity index (χ4n) is 1.76. The minimum atomic E-state index is -0.969. The van der Waals surface area contributed by atoms with Gasteiger partial charge in [-0.05, 0) is 0 Å². The van der Waals surface area contributed by atoms with Gasteiger partial charge in [0, 0.05) is 32.2 Å². The van der Waals surface area contributed by atoms with Crippen molar-refractivity contribution in [3.8, 4) is 5.75 Å². The fraction of sp³-hybridized carbons (Fsp3) is 0.400. The van der Waals surface area contributed by atoms with E-state index in [1.165, 1.54) is 11.1 Å². The number of aromatic nitrogens is 1. The minimum absolute atomic E-state index is 0.146. The largest absolute Gasteiger partial charge is 0.506 e. The smallest absolute Gasteiger partial charge is 0.407 e. The molecule has 1 saturated heterocycles. The number of piperazine rings is 1. The van der Waals surface area contributed by atoms with Gasteiger partial charge in [-0.3, -0.25) is 0 Å². The Bertz CT molecular complexity index is 433. The number of pyridine rings is 1. The highest BCUT2D eigenvalue weighted by Crippen LogP contribution is 2.21. The third-order valence-electron chi connectivity index (χ3n) is 2.66. The van der Waals surface area contributed by atoms with Crippen LogP contribution in [0.2, 0.25) is 0 Å². The lowest BCUT2D eigenvalue weighted by Crippen LogP contribution is -2.48. The molecule has 0 saturated carbocycles. The van der Waals surface area contributed by atoms with Crippen LogP contribution in [0.5, 0.6) is 5.75 Å². The Hall–Kier alpha value is -2.05. The average molecular weight is 241 g/mol. The molecule has 0 bridgehead atoms. The Kier molecular flexibility index (Phi) is 2.99. The van der Waals surface area contributed by atoms with E-state index in [9.17, 15) is 9.18 Å². The SMILES string of the molecule is O=C(O)N1CCN(c2ncc(O)cc2F)CC1. The molecule has 0 atom stereocenters. The van der Waals surface area contributed by atoms with Crippen molar-refractivity contribution in [1.82, 2.24) is 9.88 Å². The minimum Gasteiger partial charge on any atom is -0.506 e. The molecule has 1 fully saturated rings. The predicted molar refractivity (Wildman–Crippen MR) is 57.7 cm³/mol. The van der Waals surface area contributed by atoms with Crippen LogP contribution in [0, 0.1) is 5.82 Å². The molecule has 1 amide bonds. The molecule has 1 aromatic rings. The predicted octanol–water partition coefficient (Wildman–Crippen LogP) is 0.726. The summed E-state index contributed by atoms with van der Waals surface area (Å²) in [6.45, 7) is 1.41. The van der Waals surface area contributed by atoms with Gasteiger partial charge in [0.15, 0.2) is 11.6 Å². The van der Waals surface area contributed by atoms with Gasteiger partial charge in [0.05, 0.1) is 6.20 Å². The second-order valence-electron chi connectivity index (χ2n) is 3.76. The van der Waals surface area contributed by atoms with E-state index in [0.29, 0.717) is 26.2 Å². The van der Waals surface area contributed by atoms with Crippen LogP contribution in [0.15, 0.2) is 12.3 Å². The van der Waals surface area contributed by atoms with E-state index >= 15 is 0 Å². The number of anilines is 1. The van der Waals surface area contributed by atoms with Crippen LogP contribution in [-0.4, -0.2) is 52.4 Å². The normalized spacial score (nSPS) is 16.1. The van der Waals surface area contributed by atoms with Crippen molar-refractivity contribution in [2.75, 3.05) is 31.1 Å². The first-order chi connectivity index (χ1) is 8.08. The van der Waals surface area contributed by atoms with Crippen molar-refractivity contribution < 1.29 is 19.4 Å². The van der Waals surface area contributed by atoms with E-state index in [1.54, 1.807) is 4.90 Å². The number of rotatable bonds is 1. The van der Waals surface area contributed by atoms with Gasteiger partial charge in [0.2, 0.25) is 0 Å². The molecule has 0 spiro atoms. The molecule has 1 aliphatic rings. The molecule has 0 unspecified atom stereocenters. The van der Waals surface area contributed by atoms with Gasteiger partial charge in [0.25, 0.3) is 0 Å².